The minimum atomic E-state index is -5.04. The van der Waals surface area contributed by atoms with Crippen LogP contribution in [0.4, 0.5) is 13.2 Å². The summed E-state index contributed by atoms with van der Waals surface area (Å²) in [6.45, 7) is -0.136. The number of nitrogens with one attached hydrogen (secondary N) is 1. The lowest BCUT2D eigenvalue weighted by Crippen LogP contribution is -2.50. The van der Waals surface area contributed by atoms with E-state index in [0.29, 0.717) is 45.5 Å². The van der Waals surface area contributed by atoms with Gasteiger partial charge in [-0.05, 0) is 64.2 Å². The van der Waals surface area contributed by atoms with Gasteiger partial charge in [-0.25, -0.2) is 0 Å². The average Bonchev–Trinajstić information content (AvgIpc) is 3.80. The number of likely N-dealkylation sites (tertiary alicyclic amines) is 1. The highest BCUT2D eigenvalue weighted by molar-refractivity contribution is 7.99. The third kappa shape index (κ3) is 8.21. The molecule has 2 saturated heterocycles. The maximum absolute atomic E-state index is 13.0. The molecule has 4 atom stereocenters. The number of phenolic OH excluding ortho intramolecular Hbond substituents is 1. The highest BCUT2D eigenvalue weighted by Crippen LogP contribution is 2.39. The Morgan fingerprint density at radius 3 is 2.35 bits per heavy atom. The molecule has 16 heteroatoms. The molecule has 1 aromatic heterocycles. The molecule has 12 nitrogen and oxygen atoms in total. The summed E-state index contributed by atoms with van der Waals surface area (Å²) in [5.41, 5.74) is 3.79. The minimum absolute atomic E-state index is 0.0604. The number of carbonyl (C=O) groups excluding carboxylic acids is 2. The molecule has 0 radical (unpaired) electrons. The Kier molecular flexibility index (Phi) is 10.5. The number of aromatic nitrogens is 4. The molecule has 0 spiro atoms. The van der Waals surface area contributed by atoms with E-state index in [1.165, 1.54) is 11.8 Å². The number of aliphatic hydroxyl groups excluding tert-OH is 1. The lowest BCUT2D eigenvalue weighted by molar-refractivity contribution is -0.245. The molecule has 0 aliphatic carbocycles. The monoisotopic (exact) mass is 698 g/mol. The van der Waals surface area contributed by atoms with Crippen LogP contribution in [0.3, 0.4) is 0 Å². The van der Waals surface area contributed by atoms with Crippen molar-refractivity contribution in [2.75, 3.05) is 12.3 Å². The van der Waals surface area contributed by atoms with Crippen LogP contribution < -0.4 is 5.32 Å². The van der Waals surface area contributed by atoms with Gasteiger partial charge >= 0.3 is 12.1 Å². The van der Waals surface area contributed by atoms with E-state index >= 15 is 0 Å². The summed E-state index contributed by atoms with van der Waals surface area (Å²) in [5, 5.41) is 34.4. The molecule has 2 aliphatic heterocycles. The fourth-order valence-corrected chi connectivity index (χ4v) is 6.67. The number of phenols is 1. The van der Waals surface area contributed by atoms with Gasteiger partial charge in [0.05, 0.1) is 24.5 Å². The number of hydrogen-bond acceptors (Lipinski definition) is 10. The Bertz CT molecular complexity index is 1740. The normalized spacial score (nSPS) is 21.1. The summed E-state index contributed by atoms with van der Waals surface area (Å²) in [6.07, 6.45) is -5.40. The minimum Gasteiger partial charge on any atom is -0.508 e. The standard InChI is InChI=1S/C33H33F3N6O6S/c34-33(35,36)31(46)41-15-1-2-27(41)29(45)37-17-20-3-9-23(10-4-20)30-47-26(16-28(48-30)22-7-5-21(18-43)6-8-22)19-49-32-38-39-40-42(32)24-11-13-25(44)14-12-24/h3-14,26-28,30,43-44H,1-2,15-19H2,(H,37,45)/t26-,27-,28+,30+/m0/s1. The number of aromatic hydroxyl groups is 1. The molecule has 6 rings (SSSR count). The number of aliphatic hydroxyl groups is 1. The maximum atomic E-state index is 13.0. The number of rotatable bonds is 10. The van der Waals surface area contributed by atoms with Crippen molar-refractivity contribution in [1.82, 2.24) is 30.4 Å². The van der Waals surface area contributed by atoms with E-state index in [2.05, 4.69) is 20.8 Å². The van der Waals surface area contributed by atoms with Gasteiger partial charge < -0.3 is 29.9 Å². The molecule has 2 aliphatic rings. The summed E-state index contributed by atoms with van der Waals surface area (Å²) in [6, 6.07) is 20.0. The van der Waals surface area contributed by atoms with Crippen molar-refractivity contribution in [2.45, 2.75) is 68.3 Å². The fourth-order valence-electron chi connectivity index (χ4n) is 5.76. The second kappa shape index (κ2) is 14.9. The number of ether oxygens (including phenoxy) is 2. The SMILES string of the molecule is O=C(NCc1ccc([C@@H]2O[C@H](CSc3nnnn3-c3ccc(O)cc3)C[C@H](c3ccc(CO)cc3)O2)cc1)[C@@H]1CCCN1C(=O)C(F)(F)F. The summed E-state index contributed by atoms with van der Waals surface area (Å²) >= 11 is 1.41. The predicted octanol–water partition coefficient (Wildman–Crippen LogP) is 4.37. The summed E-state index contributed by atoms with van der Waals surface area (Å²) in [4.78, 5) is 25.1. The van der Waals surface area contributed by atoms with Gasteiger partial charge in [-0.15, -0.1) is 5.10 Å². The summed E-state index contributed by atoms with van der Waals surface area (Å²) < 4.78 is 53.3. The molecule has 3 aromatic carbocycles. The zero-order valence-electron chi connectivity index (χ0n) is 26.0. The molecule has 3 N–H and O–H groups in total. The quantitative estimate of drug-likeness (QED) is 0.204. The van der Waals surface area contributed by atoms with Gasteiger partial charge in [-0.3, -0.25) is 9.59 Å². The van der Waals surface area contributed by atoms with E-state index < -0.39 is 30.3 Å². The number of thioether (sulfide) groups is 1. The zero-order chi connectivity index (χ0) is 34.5. The Morgan fingerprint density at radius 2 is 1.65 bits per heavy atom. The van der Waals surface area contributed by atoms with Crippen molar-refractivity contribution < 1.29 is 42.4 Å². The Hall–Kier alpha value is -4.51. The second-order valence-electron chi connectivity index (χ2n) is 11.7. The smallest absolute Gasteiger partial charge is 0.471 e. The molecule has 2 fully saturated rings. The van der Waals surface area contributed by atoms with Crippen molar-refractivity contribution >= 4 is 23.6 Å². The van der Waals surface area contributed by atoms with Crippen LogP contribution in [-0.4, -0.2) is 77.8 Å². The largest absolute Gasteiger partial charge is 0.508 e. The van der Waals surface area contributed by atoms with Crippen molar-refractivity contribution in [3.8, 4) is 11.4 Å². The van der Waals surface area contributed by atoms with Crippen molar-refractivity contribution in [3.05, 3.63) is 95.1 Å². The molecular formula is C33H33F3N6O6S. The van der Waals surface area contributed by atoms with Crippen molar-refractivity contribution in [3.63, 3.8) is 0 Å². The average molecular weight is 699 g/mol. The predicted molar refractivity (Wildman–Crippen MR) is 169 cm³/mol. The number of hydrogen-bond donors (Lipinski definition) is 3. The molecule has 258 valence electrons. The number of carbonyl (C=O) groups is 2. The number of benzene rings is 3. The Morgan fingerprint density at radius 1 is 0.959 bits per heavy atom. The van der Waals surface area contributed by atoms with Crippen molar-refractivity contribution in [1.29, 1.82) is 0 Å². The molecule has 49 heavy (non-hydrogen) atoms. The van der Waals surface area contributed by atoms with E-state index in [4.69, 9.17) is 9.47 Å². The van der Waals surface area contributed by atoms with Crippen LogP contribution in [0.25, 0.3) is 5.69 Å². The van der Waals surface area contributed by atoms with Crippen LogP contribution in [0.5, 0.6) is 5.75 Å². The maximum Gasteiger partial charge on any atom is 0.471 e. The molecule has 0 bridgehead atoms. The summed E-state index contributed by atoms with van der Waals surface area (Å²) in [7, 11) is 0. The van der Waals surface area contributed by atoms with Gasteiger partial charge in [0.15, 0.2) is 6.29 Å². The molecular weight excluding hydrogens is 665 g/mol. The van der Waals surface area contributed by atoms with Gasteiger partial charge in [-0.1, -0.05) is 60.3 Å². The first-order valence-corrected chi connectivity index (χ1v) is 16.5. The Balaban J connectivity index is 1.13. The molecule has 4 aromatic rings. The molecule has 2 amide bonds. The van der Waals surface area contributed by atoms with E-state index in [9.17, 15) is 33.0 Å². The number of tetrazole rings is 1. The highest BCUT2D eigenvalue weighted by atomic mass is 32.2. The van der Waals surface area contributed by atoms with Gasteiger partial charge in [0.1, 0.15) is 11.8 Å². The van der Waals surface area contributed by atoms with E-state index in [1.807, 2.05) is 24.3 Å². The number of halogens is 3. The van der Waals surface area contributed by atoms with Crippen LogP contribution in [0.2, 0.25) is 0 Å². The fraction of sp³-hybridized carbons (Fsp3) is 0.364. The van der Waals surface area contributed by atoms with Crippen LogP contribution in [0.15, 0.2) is 78.0 Å². The number of nitrogens with zero attached hydrogens (tertiary/aromatic N) is 5. The van der Waals surface area contributed by atoms with Gasteiger partial charge in [0.25, 0.3) is 0 Å². The van der Waals surface area contributed by atoms with Crippen LogP contribution in [0, 0.1) is 0 Å². The molecule has 0 unspecified atom stereocenters. The Labute approximate surface area is 283 Å². The van der Waals surface area contributed by atoms with Crippen LogP contribution in [-0.2, 0) is 32.2 Å². The third-order valence-electron chi connectivity index (χ3n) is 8.33. The van der Waals surface area contributed by atoms with Gasteiger partial charge in [0.2, 0.25) is 11.1 Å². The van der Waals surface area contributed by atoms with E-state index in [0.717, 1.165) is 11.1 Å². The van der Waals surface area contributed by atoms with Gasteiger partial charge in [-0.2, -0.15) is 17.9 Å². The first-order chi connectivity index (χ1) is 23.6. The zero-order valence-corrected chi connectivity index (χ0v) is 26.8. The van der Waals surface area contributed by atoms with Gasteiger partial charge in [0, 0.05) is 30.8 Å². The topological polar surface area (TPSA) is 152 Å². The van der Waals surface area contributed by atoms with Crippen LogP contribution >= 0.6 is 11.8 Å². The van der Waals surface area contributed by atoms with Crippen molar-refractivity contribution in [2.24, 2.45) is 0 Å². The lowest BCUT2D eigenvalue weighted by Gasteiger charge is -2.36. The second-order valence-corrected chi connectivity index (χ2v) is 12.7. The first-order valence-electron chi connectivity index (χ1n) is 15.5. The first kappa shape index (κ1) is 34.4. The molecule has 3 heterocycles. The van der Waals surface area contributed by atoms with E-state index in [1.54, 1.807) is 53.2 Å². The lowest BCUT2D eigenvalue weighted by atomic mass is 10.0. The number of alkyl halides is 3. The highest BCUT2D eigenvalue weighted by Gasteiger charge is 2.47. The molecule has 0 saturated carbocycles. The van der Waals surface area contributed by atoms with Crippen LogP contribution in [0.1, 0.15) is 53.9 Å². The number of amides is 2. The summed E-state index contributed by atoms with van der Waals surface area (Å²) in [5.74, 6) is -2.02. The third-order valence-corrected chi connectivity index (χ3v) is 9.38. The van der Waals surface area contributed by atoms with E-state index in [-0.39, 0.29) is 44.1 Å².